The van der Waals surface area contributed by atoms with Gasteiger partial charge in [-0.05, 0) is 255 Å². The molecule has 4 fully saturated rings. The summed E-state index contributed by atoms with van der Waals surface area (Å²) >= 11 is 0. The Morgan fingerprint density at radius 1 is 0.500 bits per heavy atom. The number of unbranched alkanes of at least 4 members (excludes halogenated alkanes) is 6. The molecular weight excluding hydrogens is 1030 g/mol. The predicted molar refractivity (Wildman–Crippen MR) is 325 cm³/mol. The van der Waals surface area contributed by atoms with Crippen molar-refractivity contribution in [1.29, 1.82) is 0 Å². The van der Waals surface area contributed by atoms with Crippen LogP contribution in [-0.2, 0) is 35.4 Å². The first kappa shape index (κ1) is 64.0. The summed E-state index contributed by atoms with van der Waals surface area (Å²) in [5.41, 5.74) is 4.38. The lowest BCUT2D eigenvalue weighted by Crippen LogP contribution is -2.28. The molecule has 8 rings (SSSR count). The van der Waals surface area contributed by atoms with Crippen LogP contribution in [0.25, 0.3) is 0 Å². The van der Waals surface area contributed by atoms with E-state index in [2.05, 4.69) is 57.2 Å². The van der Waals surface area contributed by atoms with Crippen molar-refractivity contribution >= 4 is 11.9 Å². The molecule has 11 nitrogen and oxygen atoms in total. The second-order valence-electron chi connectivity index (χ2n) is 23.9. The van der Waals surface area contributed by atoms with Crippen molar-refractivity contribution in [3.05, 3.63) is 144 Å². The van der Waals surface area contributed by atoms with Gasteiger partial charge in [0.05, 0.1) is 63.1 Å². The number of hydrogen-bond donors (Lipinski definition) is 0. The quantitative estimate of drug-likeness (QED) is 0.00945. The Bertz CT molecular complexity index is 2400. The third-order valence-electron chi connectivity index (χ3n) is 17.3. The first-order valence-corrected chi connectivity index (χ1v) is 31.6. The van der Waals surface area contributed by atoms with Crippen LogP contribution in [0.15, 0.2) is 122 Å². The van der Waals surface area contributed by atoms with Crippen LogP contribution in [0.2, 0.25) is 0 Å². The molecule has 0 atom stereocenters. The molecule has 448 valence electrons. The number of rotatable bonds is 30. The van der Waals surface area contributed by atoms with Crippen LogP contribution in [-0.4, -0.2) is 57.7 Å². The SMILES string of the molecule is CO/C=C/C=C/Oc1ccc(OCCCCCCOc2ccc(COOC3CCC(C4CCC(C)CC4)CC3)cc2)cc1.Cc1ccc(C2CCC(OCCCCCCOC(=O)c3ccc(OC(=O)C4CCC(C)CC4)cc3)CC2)cc1. The maximum Gasteiger partial charge on any atom is 0.338 e. The van der Waals surface area contributed by atoms with Crippen molar-refractivity contribution in [2.24, 2.45) is 29.6 Å². The average Bonchev–Trinajstić information content (AvgIpc) is 3.52. The number of allylic oxidation sites excluding steroid dienone is 2. The number of carbonyl (C=O) groups is 2. The Morgan fingerprint density at radius 2 is 1.01 bits per heavy atom. The van der Waals surface area contributed by atoms with E-state index >= 15 is 0 Å². The van der Waals surface area contributed by atoms with Crippen molar-refractivity contribution in [2.45, 2.75) is 200 Å². The number of benzene rings is 4. The lowest BCUT2D eigenvalue weighted by Gasteiger charge is -2.36. The zero-order valence-corrected chi connectivity index (χ0v) is 50.2. The van der Waals surface area contributed by atoms with E-state index in [9.17, 15) is 9.59 Å². The Morgan fingerprint density at radius 3 is 1.62 bits per heavy atom. The molecule has 4 aliphatic rings. The summed E-state index contributed by atoms with van der Waals surface area (Å²) < 4.78 is 39.2. The predicted octanol–water partition coefficient (Wildman–Crippen LogP) is 17.8. The fourth-order valence-corrected chi connectivity index (χ4v) is 11.9. The summed E-state index contributed by atoms with van der Waals surface area (Å²) in [5.74, 6) is 6.66. The van der Waals surface area contributed by atoms with E-state index in [0.717, 1.165) is 157 Å². The molecule has 11 heteroatoms. The van der Waals surface area contributed by atoms with Gasteiger partial charge in [-0.25, -0.2) is 14.6 Å². The van der Waals surface area contributed by atoms with E-state index < -0.39 is 0 Å². The fraction of sp³-hybridized carbons (Fsp3) is 0.577. The molecule has 0 heterocycles. The largest absolute Gasteiger partial charge is 0.504 e. The van der Waals surface area contributed by atoms with Crippen molar-refractivity contribution in [3.8, 4) is 23.0 Å². The van der Waals surface area contributed by atoms with Crippen molar-refractivity contribution < 1.29 is 52.5 Å². The van der Waals surface area contributed by atoms with Gasteiger partial charge in [-0.1, -0.05) is 75.1 Å². The number of esters is 2. The topological polar surface area (TPSA) is 117 Å². The van der Waals surface area contributed by atoms with Gasteiger partial charge in [0.1, 0.15) is 29.6 Å². The molecule has 0 aliphatic heterocycles. The van der Waals surface area contributed by atoms with E-state index in [4.69, 9.17) is 42.9 Å². The molecular formula is C71H98O11. The smallest absolute Gasteiger partial charge is 0.338 e. The molecule has 4 aliphatic carbocycles. The van der Waals surface area contributed by atoms with Crippen molar-refractivity contribution in [3.63, 3.8) is 0 Å². The van der Waals surface area contributed by atoms with E-state index in [1.807, 2.05) is 36.4 Å². The van der Waals surface area contributed by atoms with E-state index in [0.29, 0.717) is 49.1 Å². The second-order valence-corrected chi connectivity index (χ2v) is 23.9. The fourth-order valence-electron chi connectivity index (χ4n) is 11.9. The summed E-state index contributed by atoms with van der Waals surface area (Å²) in [5, 5.41) is 0. The molecule has 0 N–H and O–H groups in total. The Balaban J connectivity index is 0.000000237. The highest BCUT2D eigenvalue weighted by Gasteiger charge is 2.31. The molecule has 0 spiro atoms. The Labute approximate surface area is 492 Å². The highest BCUT2D eigenvalue weighted by molar-refractivity contribution is 5.89. The molecule has 0 saturated heterocycles. The van der Waals surface area contributed by atoms with Crippen molar-refractivity contribution in [2.75, 3.05) is 33.5 Å². The molecule has 4 saturated carbocycles. The highest BCUT2D eigenvalue weighted by Crippen LogP contribution is 2.41. The molecule has 0 aromatic heterocycles. The summed E-state index contributed by atoms with van der Waals surface area (Å²) in [7, 11) is 1.61. The number of aryl methyl sites for hydroxylation is 1. The van der Waals surface area contributed by atoms with Gasteiger partial charge < -0.3 is 33.2 Å². The number of hydrogen-bond acceptors (Lipinski definition) is 11. The standard InChI is InChI=1S/C37H52O6.C34H46O5/c1-30-9-13-32(14-10-30)33-15-19-37(20-16-33)43-42-29-31-11-17-34(18-12-31)39-26-5-3-4-6-27-40-35-21-23-36(24-22-35)41-28-8-7-25-38-2;1-25-7-11-27(12-8-25)28-15-19-31(20-16-28)37-23-5-3-4-6-24-38-33(35)29-17-21-32(22-18-29)39-34(36)30-13-9-26(2)10-14-30/h7-8,11-12,17-18,21-25,28,30,32-33,37H,3-6,9-10,13-16,19-20,26-27,29H2,1-2H3;7-8,11-12,17-18,21-22,26,28,30-31H,3-6,9-10,13-16,19-20,23-24H2,1-2H3/b25-7+,28-8+;. The van der Waals surface area contributed by atoms with Gasteiger partial charge in [-0.2, -0.15) is 0 Å². The minimum atomic E-state index is -0.335. The van der Waals surface area contributed by atoms with Crippen LogP contribution in [0.5, 0.6) is 23.0 Å². The van der Waals surface area contributed by atoms with Gasteiger partial charge in [0.15, 0.2) is 0 Å². The third kappa shape index (κ3) is 23.9. The number of methoxy groups -OCH3 is 1. The van der Waals surface area contributed by atoms with Crippen molar-refractivity contribution in [1.82, 2.24) is 0 Å². The number of carbonyl (C=O) groups excluding carboxylic acids is 2. The van der Waals surface area contributed by atoms with E-state index in [1.54, 1.807) is 56.1 Å². The van der Waals surface area contributed by atoms with E-state index in [1.165, 1.54) is 62.5 Å². The zero-order chi connectivity index (χ0) is 57.4. The van der Waals surface area contributed by atoms with Crippen LogP contribution in [0.4, 0.5) is 0 Å². The maximum atomic E-state index is 12.4. The Hall–Kier alpha value is -5.62. The molecule has 0 radical (unpaired) electrons. The molecule has 82 heavy (non-hydrogen) atoms. The van der Waals surface area contributed by atoms with Crippen LogP contribution in [0.1, 0.15) is 201 Å². The van der Waals surface area contributed by atoms with Crippen LogP contribution < -0.4 is 18.9 Å². The van der Waals surface area contributed by atoms with Gasteiger partial charge in [-0.15, -0.1) is 0 Å². The third-order valence-corrected chi connectivity index (χ3v) is 17.3. The average molecular weight is 1130 g/mol. The summed E-state index contributed by atoms with van der Waals surface area (Å²) in [6.07, 6.45) is 34.9. The number of ether oxygens (including phenoxy) is 7. The van der Waals surface area contributed by atoms with E-state index in [-0.39, 0.29) is 24.0 Å². The first-order chi connectivity index (χ1) is 40.2. The first-order valence-electron chi connectivity index (χ1n) is 31.6. The molecule has 0 amide bonds. The summed E-state index contributed by atoms with van der Waals surface area (Å²) in [6.45, 7) is 9.91. The lowest BCUT2D eigenvalue weighted by atomic mass is 9.71. The normalized spacial score (nSPS) is 22.9. The summed E-state index contributed by atoms with van der Waals surface area (Å²) in [6, 6.07) is 31.5. The molecule has 4 aromatic rings. The zero-order valence-electron chi connectivity index (χ0n) is 50.2. The molecule has 0 bridgehead atoms. The minimum Gasteiger partial charge on any atom is -0.504 e. The molecule has 4 aromatic carbocycles. The van der Waals surface area contributed by atoms with Gasteiger partial charge >= 0.3 is 11.9 Å². The Kier molecular flexibility index (Phi) is 28.7. The van der Waals surface area contributed by atoms with Crippen LogP contribution in [0, 0.1) is 36.5 Å². The summed E-state index contributed by atoms with van der Waals surface area (Å²) in [4.78, 5) is 36.2. The maximum absolute atomic E-state index is 12.4. The van der Waals surface area contributed by atoms with Crippen LogP contribution in [0.3, 0.4) is 0 Å². The van der Waals surface area contributed by atoms with Gasteiger partial charge in [0.2, 0.25) is 0 Å². The van der Waals surface area contributed by atoms with Gasteiger partial charge in [0, 0.05) is 6.61 Å². The van der Waals surface area contributed by atoms with Gasteiger partial charge in [0.25, 0.3) is 0 Å². The lowest BCUT2D eigenvalue weighted by molar-refractivity contribution is -0.338. The molecule has 0 unspecified atom stereocenters. The highest BCUT2D eigenvalue weighted by atomic mass is 17.2. The second kappa shape index (κ2) is 36.9. The monoisotopic (exact) mass is 1130 g/mol. The minimum absolute atomic E-state index is 0.0122. The van der Waals surface area contributed by atoms with Crippen LogP contribution >= 0.6 is 0 Å². The van der Waals surface area contributed by atoms with Gasteiger partial charge in [-0.3, -0.25) is 4.79 Å².